The Bertz CT molecular complexity index is 598. The molecule has 1 aliphatic carbocycles. The largest absolute Gasteiger partial charge is 0.356 e. The monoisotopic (exact) mass is 379 g/mol. The third-order valence-electron chi connectivity index (χ3n) is 4.96. The molecule has 2 rings (SSSR count). The molecule has 0 aromatic heterocycles. The molecule has 6 heteroatoms. The number of halogens is 1. The van der Waals surface area contributed by atoms with Gasteiger partial charge in [0.1, 0.15) is 0 Å². The van der Waals surface area contributed by atoms with Crippen molar-refractivity contribution in [2.24, 2.45) is 11.8 Å². The Kier molecular flexibility index (Phi) is 8.39. The van der Waals surface area contributed by atoms with Crippen molar-refractivity contribution >= 4 is 23.4 Å². The molecule has 0 atom stereocenters. The van der Waals surface area contributed by atoms with E-state index in [1.54, 1.807) is 0 Å². The minimum Gasteiger partial charge on any atom is -0.356 e. The predicted molar refractivity (Wildman–Crippen MR) is 105 cm³/mol. The normalized spacial score (nSPS) is 20.0. The summed E-state index contributed by atoms with van der Waals surface area (Å²) in [5.74, 6) is 0.241. The lowest BCUT2D eigenvalue weighted by molar-refractivity contribution is -0.130. The molecule has 1 aromatic rings. The third-order valence-corrected chi connectivity index (χ3v) is 5.33. The number of hydrogen-bond donors (Lipinski definition) is 2. The molecular formula is C20H30ClN3O2. The first-order valence-corrected chi connectivity index (χ1v) is 9.78. The fourth-order valence-electron chi connectivity index (χ4n) is 3.34. The summed E-state index contributed by atoms with van der Waals surface area (Å²) in [5, 5.41) is 6.67. The molecule has 26 heavy (non-hydrogen) atoms. The van der Waals surface area contributed by atoms with Gasteiger partial charge in [0.05, 0.1) is 0 Å². The predicted octanol–water partition coefficient (Wildman–Crippen LogP) is 2.83. The second-order valence-corrected chi connectivity index (χ2v) is 7.71. The van der Waals surface area contributed by atoms with Crippen LogP contribution in [0.5, 0.6) is 0 Å². The summed E-state index contributed by atoms with van der Waals surface area (Å²) in [7, 11) is 4.06. The SMILES string of the molecule is CN(C)CCCNC(=O)C1CCC(C(=O)NCc2ccccc2Cl)CC1. The molecular weight excluding hydrogens is 350 g/mol. The third kappa shape index (κ3) is 6.61. The first-order chi connectivity index (χ1) is 12.5. The highest BCUT2D eigenvalue weighted by molar-refractivity contribution is 6.31. The molecule has 0 saturated heterocycles. The van der Waals surface area contributed by atoms with E-state index in [0.717, 1.165) is 50.8 Å². The summed E-state index contributed by atoms with van der Waals surface area (Å²) >= 11 is 6.12. The molecule has 0 radical (unpaired) electrons. The van der Waals surface area contributed by atoms with Gasteiger partial charge in [0.25, 0.3) is 0 Å². The quantitative estimate of drug-likeness (QED) is 0.683. The molecule has 0 aliphatic heterocycles. The number of carbonyl (C=O) groups excluding carboxylic acids is 2. The maximum Gasteiger partial charge on any atom is 0.223 e. The lowest BCUT2D eigenvalue weighted by atomic mass is 9.81. The van der Waals surface area contributed by atoms with Gasteiger partial charge >= 0.3 is 0 Å². The molecule has 5 nitrogen and oxygen atoms in total. The van der Waals surface area contributed by atoms with Gasteiger partial charge in [-0.2, -0.15) is 0 Å². The number of benzene rings is 1. The average molecular weight is 380 g/mol. The molecule has 1 saturated carbocycles. The maximum absolute atomic E-state index is 12.4. The average Bonchev–Trinajstić information content (AvgIpc) is 2.64. The van der Waals surface area contributed by atoms with Crippen LogP contribution in [0.25, 0.3) is 0 Å². The van der Waals surface area contributed by atoms with Crippen LogP contribution in [-0.2, 0) is 16.1 Å². The first-order valence-electron chi connectivity index (χ1n) is 9.41. The number of carbonyl (C=O) groups is 2. The zero-order valence-corrected chi connectivity index (χ0v) is 16.5. The lowest BCUT2D eigenvalue weighted by Crippen LogP contribution is -2.38. The summed E-state index contributed by atoms with van der Waals surface area (Å²) < 4.78 is 0. The van der Waals surface area contributed by atoms with Crippen molar-refractivity contribution in [2.45, 2.75) is 38.6 Å². The van der Waals surface area contributed by atoms with Gasteiger partial charge in [0, 0.05) is 29.9 Å². The first kappa shape index (κ1) is 20.7. The van der Waals surface area contributed by atoms with Crippen LogP contribution in [0.3, 0.4) is 0 Å². The summed E-state index contributed by atoms with van der Waals surface area (Å²) in [5.41, 5.74) is 0.924. The molecule has 1 aliphatic rings. The molecule has 0 unspecified atom stereocenters. The van der Waals surface area contributed by atoms with Gasteiger partial charge in [-0.15, -0.1) is 0 Å². The van der Waals surface area contributed by atoms with Gasteiger partial charge in [-0.3, -0.25) is 9.59 Å². The van der Waals surface area contributed by atoms with Crippen molar-refractivity contribution in [1.29, 1.82) is 0 Å². The molecule has 1 aromatic carbocycles. The van der Waals surface area contributed by atoms with Crippen LogP contribution in [0.1, 0.15) is 37.7 Å². The van der Waals surface area contributed by atoms with E-state index in [0.29, 0.717) is 11.6 Å². The number of rotatable bonds is 8. The molecule has 2 amide bonds. The molecule has 0 heterocycles. The van der Waals surface area contributed by atoms with Gasteiger partial charge in [-0.1, -0.05) is 29.8 Å². The van der Waals surface area contributed by atoms with E-state index in [-0.39, 0.29) is 23.7 Å². The van der Waals surface area contributed by atoms with Crippen LogP contribution in [0.4, 0.5) is 0 Å². The fourth-order valence-corrected chi connectivity index (χ4v) is 3.54. The van der Waals surface area contributed by atoms with Gasteiger partial charge in [0.2, 0.25) is 11.8 Å². The zero-order chi connectivity index (χ0) is 18.9. The van der Waals surface area contributed by atoms with Crippen LogP contribution in [0, 0.1) is 11.8 Å². The highest BCUT2D eigenvalue weighted by Gasteiger charge is 2.29. The van der Waals surface area contributed by atoms with Gasteiger partial charge in [-0.05, 0) is 64.4 Å². The van der Waals surface area contributed by atoms with E-state index in [4.69, 9.17) is 11.6 Å². The van der Waals surface area contributed by atoms with Crippen LogP contribution in [-0.4, -0.2) is 43.9 Å². The lowest BCUT2D eigenvalue weighted by Gasteiger charge is -2.27. The standard InChI is InChI=1S/C20H30ClN3O2/c1-24(2)13-5-12-22-19(25)15-8-10-16(11-9-15)20(26)23-14-17-6-3-4-7-18(17)21/h3-4,6-7,15-16H,5,8-14H2,1-2H3,(H,22,25)(H,23,26). The van der Waals surface area contributed by atoms with E-state index in [2.05, 4.69) is 15.5 Å². The Morgan fingerprint density at radius 2 is 1.62 bits per heavy atom. The zero-order valence-electron chi connectivity index (χ0n) is 15.8. The molecule has 1 fully saturated rings. The van der Waals surface area contributed by atoms with E-state index in [1.807, 2.05) is 38.4 Å². The Hall–Kier alpha value is -1.59. The van der Waals surface area contributed by atoms with E-state index >= 15 is 0 Å². The second kappa shape index (κ2) is 10.5. The summed E-state index contributed by atoms with van der Waals surface area (Å²) in [4.78, 5) is 26.7. The Balaban J connectivity index is 1.68. The van der Waals surface area contributed by atoms with Crippen molar-refractivity contribution in [2.75, 3.05) is 27.2 Å². The van der Waals surface area contributed by atoms with Crippen molar-refractivity contribution in [3.63, 3.8) is 0 Å². The minimum absolute atomic E-state index is 0.00437. The van der Waals surface area contributed by atoms with Crippen molar-refractivity contribution in [3.05, 3.63) is 34.9 Å². The second-order valence-electron chi connectivity index (χ2n) is 7.31. The van der Waals surface area contributed by atoms with Gasteiger partial charge in [-0.25, -0.2) is 0 Å². The van der Waals surface area contributed by atoms with Crippen molar-refractivity contribution in [3.8, 4) is 0 Å². The Morgan fingerprint density at radius 1 is 1.04 bits per heavy atom. The van der Waals surface area contributed by atoms with E-state index in [1.165, 1.54) is 0 Å². The van der Waals surface area contributed by atoms with Gasteiger partial charge < -0.3 is 15.5 Å². The molecule has 2 N–H and O–H groups in total. The number of amides is 2. The van der Waals surface area contributed by atoms with Crippen LogP contribution in [0.2, 0.25) is 5.02 Å². The van der Waals surface area contributed by atoms with Crippen LogP contribution < -0.4 is 10.6 Å². The molecule has 144 valence electrons. The number of nitrogens with one attached hydrogen (secondary N) is 2. The Morgan fingerprint density at radius 3 is 2.19 bits per heavy atom. The van der Waals surface area contributed by atoms with E-state index in [9.17, 15) is 9.59 Å². The molecule has 0 spiro atoms. The van der Waals surface area contributed by atoms with Gasteiger partial charge in [0.15, 0.2) is 0 Å². The van der Waals surface area contributed by atoms with Crippen LogP contribution in [0.15, 0.2) is 24.3 Å². The Labute approximate surface area is 161 Å². The summed E-state index contributed by atoms with van der Waals surface area (Å²) in [6.07, 6.45) is 4.06. The smallest absolute Gasteiger partial charge is 0.223 e. The highest BCUT2D eigenvalue weighted by atomic mass is 35.5. The fraction of sp³-hybridized carbons (Fsp3) is 0.600. The van der Waals surface area contributed by atoms with Crippen LogP contribution >= 0.6 is 11.6 Å². The minimum atomic E-state index is -0.00437. The maximum atomic E-state index is 12.4. The number of hydrogen-bond acceptors (Lipinski definition) is 3. The summed E-state index contributed by atoms with van der Waals surface area (Å²) in [6, 6.07) is 7.53. The van der Waals surface area contributed by atoms with Crippen molar-refractivity contribution < 1.29 is 9.59 Å². The summed E-state index contributed by atoms with van der Waals surface area (Å²) in [6.45, 7) is 2.14. The molecule has 0 bridgehead atoms. The number of nitrogens with zero attached hydrogens (tertiary/aromatic N) is 1. The topological polar surface area (TPSA) is 61.4 Å². The van der Waals surface area contributed by atoms with Crippen molar-refractivity contribution in [1.82, 2.24) is 15.5 Å². The highest BCUT2D eigenvalue weighted by Crippen LogP contribution is 2.29. The van der Waals surface area contributed by atoms with E-state index < -0.39 is 0 Å².